The maximum absolute atomic E-state index is 11.9. The van der Waals surface area contributed by atoms with Crippen LogP contribution in [0.5, 0.6) is 0 Å². The lowest BCUT2D eigenvalue weighted by Gasteiger charge is -2.08. The Morgan fingerprint density at radius 1 is 1.50 bits per heavy atom. The fraction of sp³-hybridized carbons (Fsp3) is 0.231. The molecule has 1 aromatic heterocycles. The number of benzene rings is 1. The molecule has 0 aliphatic rings. The molecule has 0 aliphatic carbocycles. The summed E-state index contributed by atoms with van der Waals surface area (Å²) >= 11 is 0. The number of aromatic nitrogens is 2. The Kier molecular flexibility index (Phi) is 3.62. The second-order valence-electron chi connectivity index (χ2n) is 4.15. The van der Waals surface area contributed by atoms with Gasteiger partial charge in [0.2, 0.25) is 0 Å². The molecule has 2 aromatic rings. The summed E-state index contributed by atoms with van der Waals surface area (Å²) in [5.41, 5.74) is 7.83. The summed E-state index contributed by atoms with van der Waals surface area (Å²) in [6.45, 7) is 3.17. The molecule has 18 heavy (non-hydrogen) atoms. The lowest BCUT2D eigenvalue weighted by atomic mass is 10.1. The number of nitrogens with one attached hydrogen (secondary N) is 1. The number of hydrogen-bond donors (Lipinski definition) is 2. The highest BCUT2D eigenvalue weighted by Gasteiger charge is 2.08. The molecule has 0 saturated carbocycles. The molecule has 0 spiro atoms. The van der Waals surface area contributed by atoms with Gasteiger partial charge in [0.05, 0.1) is 11.9 Å². The number of amides is 1. The molecule has 5 nitrogen and oxygen atoms in total. The van der Waals surface area contributed by atoms with Crippen LogP contribution in [0, 0.1) is 6.92 Å². The first-order valence-corrected chi connectivity index (χ1v) is 5.77. The van der Waals surface area contributed by atoms with Crippen LogP contribution in [0.25, 0.3) is 0 Å². The van der Waals surface area contributed by atoms with Crippen LogP contribution in [0.2, 0.25) is 0 Å². The van der Waals surface area contributed by atoms with Gasteiger partial charge in [-0.25, -0.2) is 4.98 Å². The zero-order chi connectivity index (χ0) is 13.0. The molecule has 1 aromatic carbocycles. The highest BCUT2D eigenvalue weighted by Crippen LogP contribution is 2.13. The Balaban J connectivity index is 1.93. The first kappa shape index (κ1) is 12.2. The van der Waals surface area contributed by atoms with Gasteiger partial charge in [0.15, 0.2) is 0 Å². The summed E-state index contributed by atoms with van der Waals surface area (Å²) in [5.74, 6) is -0.142. The lowest BCUT2D eigenvalue weighted by Crippen LogP contribution is -2.27. The monoisotopic (exact) mass is 244 g/mol. The number of aryl methyl sites for hydroxylation is 1. The van der Waals surface area contributed by atoms with Gasteiger partial charge in [0, 0.05) is 31.2 Å². The number of nitrogen functional groups attached to an aromatic ring is 1. The van der Waals surface area contributed by atoms with Crippen LogP contribution >= 0.6 is 0 Å². The predicted molar refractivity (Wildman–Crippen MR) is 70.2 cm³/mol. The fourth-order valence-corrected chi connectivity index (χ4v) is 1.68. The molecule has 0 radical (unpaired) electrons. The SMILES string of the molecule is Cc1ccc(N)c(C(=O)NCCn2ccnc2)c1. The van der Waals surface area contributed by atoms with Crippen molar-refractivity contribution in [2.75, 3.05) is 12.3 Å². The predicted octanol–water partition coefficient (Wildman–Crippen LogP) is 1.20. The van der Waals surface area contributed by atoms with E-state index in [9.17, 15) is 4.79 Å². The number of carbonyl (C=O) groups excluding carboxylic acids is 1. The van der Waals surface area contributed by atoms with Crippen molar-refractivity contribution in [1.82, 2.24) is 14.9 Å². The first-order chi connectivity index (χ1) is 8.66. The molecule has 0 fully saturated rings. The van der Waals surface area contributed by atoms with Gasteiger partial charge in [0.1, 0.15) is 0 Å². The average molecular weight is 244 g/mol. The fourth-order valence-electron chi connectivity index (χ4n) is 1.68. The van der Waals surface area contributed by atoms with Crippen molar-refractivity contribution < 1.29 is 4.79 Å². The van der Waals surface area contributed by atoms with E-state index in [1.54, 1.807) is 24.7 Å². The topological polar surface area (TPSA) is 72.9 Å². The van der Waals surface area contributed by atoms with E-state index in [1.807, 2.05) is 23.8 Å². The van der Waals surface area contributed by atoms with Gasteiger partial charge in [-0.15, -0.1) is 0 Å². The molecule has 94 valence electrons. The minimum absolute atomic E-state index is 0.142. The molecule has 2 rings (SSSR count). The molecule has 5 heteroatoms. The highest BCUT2D eigenvalue weighted by molar-refractivity contribution is 5.99. The maximum Gasteiger partial charge on any atom is 0.253 e. The summed E-state index contributed by atoms with van der Waals surface area (Å²) in [4.78, 5) is 15.9. The number of nitrogens with two attached hydrogens (primary N) is 1. The molecule has 1 amide bonds. The smallest absolute Gasteiger partial charge is 0.253 e. The molecule has 0 unspecified atom stereocenters. The second kappa shape index (κ2) is 5.35. The molecule has 0 aliphatic heterocycles. The van der Waals surface area contributed by atoms with Crippen LogP contribution in [-0.2, 0) is 6.54 Å². The molecule has 3 N–H and O–H groups in total. The number of rotatable bonds is 4. The third kappa shape index (κ3) is 2.88. The molecule has 1 heterocycles. The third-order valence-corrected chi connectivity index (χ3v) is 2.67. The third-order valence-electron chi connectivity index (χ3n) is 2.67. The van der Waals surface area contributed by atoms with Gasteiger partial charge in [-0.05, 0) is 19.1 Å². The van der Waals surface area contributed by atoms with Crippen LogP contribution < -0.4 is 11.1 Å². The molecular weight excluding hydrogens is 228 g/mol. The maximum atomic E-state index is 11.9. The quantitative estimate of drug-likeness (QED) is 0.794. The van der Waals surface area contributed by atoms with Crippen LogP contribution in [0.15, 0.2) is 36.9 Å². The largest absolute Gasteiger partial charge is 0.398 e. The Morgan fingerprint density at radius 2 is 2.33 bits per heavy atom. The molecule has 0 saturated heterocycles. The van der Waals surface area contributed by atoms with E-state index in [4.69, 9.17) is 5.73 Å². The van der Waals surface area contributed by atoms with Crippen LogP contribution in [0.3, 0.4) is 0 Å². The number of anilines is 1. The van der Waals surface area contributed by atoms with Gasteiger partial charge >= 0.3 is 0 Å². The Labute approximate surface area is 106 Å². The van der Waals surface area contributed by atoms with Gasteiger partial charge in [-0.3, -0.25) is 4.79 Å². The summed E-state index contributed by atoms with van der Waals surface area (Å²) in [6.07, 6.45) is 5.28. The van der Waals surface area contributed by atoms with E-state index < -0.39 is 0 Å². The molecule has 0 atom stereocenters. The van der Waals surface area contributed by atoms with Crippen LogP contribution in [0.4, 0.5) is 5.69 Å². The average Bonchev–Trinajstić information content (AvgIpc) is 2.85. The zero-order valence-electron chi connectivity index (χ0n) is 10.3. The van der Waals surface area contributed by atoms with Gasteiger partial charge < -0.3 is 15.6 Å². The van der Waals surface area contributed by atoms with Crippen molar-refractivity contribution in [2.24, 2.45) is 0 Å². The second-order valence-corrected chi connectivity index (χ2v) is 4.15. The summed E-state index contributed by atoms with van der Waals surface area (Å²) < 4.78 is 1.90. The van der Waals surface area contributed by atoms with Crippen LogP contribution in [0.1, 0.15) is 15.9 Å². The molecular formula is C13H16N4O. The zero-order valence-corrected chi connectivity index (χ0v) is 10.3. The number of nitrogens with zero attached hydrogens (tertiary/aromatic N) is 2. The number of hydrogen-bond acceptors (Lipinski definition) is 3. The van der Waals surface area contributed by atoms with Crippen LogP contribution in [-0.4, -0.2) is 22.0 Å². The van der Waals surface area contributed by atoms with Crippen molar-refractivity contribution in [3.63, 3.8) is 0 Å². The molecule has 0 bridgehead atoms. The van der Waals surface area contributed by atoms with Crippen molar-refractivity contribution >= 4 is 11.6 Å². The van der Waals surface area contributed by atoms with E-state index in [0.29, 0.717) is 24.3 Å². The van der Waals surface area contributed by atoms with Crippen molar-refractivity contribution in [3.8, 4) is 0 Å². The van der Waals surface area contributed by atoms with Crippen molar-refractivity contribution in [2.45, 2.75) is 13.5 Å². The summed E-state index contributed by atoms with van der Waals surface area (Å²) in [7, 11) is 0. The highest BCUT2D eigenvalue weighted by atomic mass is 16.1. The standard InChI is InChI=1S/C13H16N4O/c1-10-2-3-12(14)11(8-10)13(18)16-5-7-17-6-4-15-9-17/h2-4,6,8-9H,5,7,14H2,1H3,(H,16,18). The first-order valence-electron chi connectivity index (χ1n) is 5.77. The van der Waals surface area contributed by atoms with E-state index in [0.717, 1.165) is 5.56 Å². The van der Waals surface area contributed by atoms with Gasteiger partial charge in [0.25, 0.3) is 5.91 Å². The van der Waals surface area contributed by atoms with Crippen molar-refractivity contribution in [1.29, 1.82) is 0 Å². The van der Waals surface area contributed by atoms with Gasteiger partial charge in [-0.2, -0.15) is 0 Å². The van der Waals surface area contributed by atoms with Crippen molar-refractivity contribution in [3.05, 3.63) is 48.0 Å². The minimum Gasteiger partial charge on any atom is -0.398 e. The van der Waals surface area contributed by atoms with E-state index in [-0.39, 0.29) is 5.91 Å². The van der Waals surface area contributed by atoms with E-state index in [1.165, 1.54) is 0 Å². The Bertz CT molecular complexity index is 534. The number of imidazole rings is 1. The summed E-state index contributed by atoms with van der Waals surface area (Å²) in [5, 5.41) is 2.84. The van der Waals surface area contributed by atoms with E-state index in [2.05, 4.69) is 10.3 Å². The van der Waals surface area contributed by atoms with Gasteiger partial charge in [-0.1, -0.05) is 11.6 Å². The lowest BCUT2D eigenvalue weighted by molar-refractivity contribution is 0.0953. The number of carbonyl (C=O) groups is 1. The van der Waals surface area contributed by atoms with E-state index >= 15 is 0 Å². The minimum atomic E-state index is -0.142. The Hall–Kier alpha value is -2.30. The summed E-state index contributed by atoms with van der Waals surface area (Å²) in [6, 6.07) is 5.43. The normalized spacial score (nSPS) is 10.3. The Morgan fingerprint density at radius 3 is 3.06 bits per heavy atom.